The molecule has 32 heavy (non-hydrogen) atoms. The van der Waals surface area contributed by atoms with Crippen molar-refractivity contribution in [2.75, 3.05) is 0 Å². The molecular weight excluding hydrogens is 442 g/mol. The minimum atomic E-state index is -5.02. The number of carbonyl (C=O) groups is 1. The molecule has 0 heterocycles. The maximum Gasteiger partial charge on any atom is 0.416 e. The Morgan fingerprint density at radius 3 is 2.06 bits per heavy atom. The summed E-state index contributed by atoms with van der Waals surface area (Å²) in [5.74, 6) is -1.76. The minimum Gasteiger partial charge on any atom is -0.504 e. The van der Waals surface area contributed by atoms with E-state index in [0.29, 0.717) is 17.7 Å². The average Bonchev–Trinajstić information content (AvgIpc) is 2.70. The van der Waals surface area contributed by atoms with E-state index < -0.39 is 52.8 Å². The molecule has 11 heteroatoms. The number of benzene rings is 2. The molecule has 2 aromatic carbocycles. The van der Waals surface area contributed by atoms with Crippen molar-refractivity contribution >= 4 is 12.0 Å². The van der Waals surface area contributed by atoms with Crippen LogP contribution in [0.1, 0.15) is 22.3 Å². The van der Waals surface area contributed by atoms with Gasteiger partial charge in [-0.3, -0.25) is 4.79 Å². The van der Waals surface area contributed by atoms with Gasteiger partial charge in [0.25, 0.3) is 5.91 Å². The van der Waals surface area contributed by atoms with Crippen LogP contribution in [-0.2, 0) is 23.7 Å². The van der Waals surface area contributed by atoms with Crippen molar-refractivity contribution in [3.8, 4) is 17.6 Å². The van der Waals surface area contributed by atoms with Crippen molar-refractivity contribution < 1.29 is 41.4 Å². The number of amides is 1. The second-order valence-electron chi connectivity index (χ2n) is 6.40. The van der Waals surface area contributed by atoms with E-state index in [9.17, 15) is 41.4 Å². The normalized spacial score (nSPS) is 12.6. The highest BCUT2D eigenvalue weighted by Gasteiger charge is 2.36. The number of phenolic OH excluding ortho intramolecular Hbond substituents is 2. The summed E-state index contributed by atoms with van der Waals surface area (Å²) in [4.78, 5) is 12.1. The zero-order chi connectivity index (χ0) is 24.1. The number of nitrogens with zero attached hydrogens (tertiary/aromatic N) is 1. The third-order valence-corrected chi connectivity index (χ3v) is 4.02. The lowest BCUT2D eigenvalue weighted by Gasteiger charge is -2.14. The smallest absolute Gasteiger partial charge is 0.416 e. The first-order chi connectivity index (χ1) is 14.8. The van der Waals surface area contributed by atoms with Crippen LogP contribution in [0.25, 0.3) is 6.08 Å². The molecule has 2 rings (SSSR count). The van der Waals surface area contributed by atoms with Gasteiger partial charge in [0, 0.05) is 6.54 Å². The van der Waals surface area contributed by atoms with Gasteiger partial charge in [-0.25, -0.2) is 0 Å². The number of halogens is 6. The highest BCUT2D eigenvalue weighted by molar-refractivity contribution is 5.97. The third-order valence-electron chi connectivity index (χ3n) is 4.02. The molecule has 0 radical (unpaired) electrons. The van der Waals surface area contributed by atoms with Gasteiger partial charge in [0.1, 0.15) is 11.6 Å². The summed E-state index contributed by atoms with van der Waals surface area (Å²) in [5.41, 5.74) is -3.54. The fourth-order valence-corrected chi connectivity index (χ4v) is 2.46. The molecule has 0 bridgehead atoms. The summed E-state index contributed by atoms with van der Waals surface area (Å²) in [7, 11) is 0. The lowest BCUT2D eigenvalue weighted by Crippen LogP contribution is -2.24. The molecule has 0 saturated heterocycles. The lowest BCUT2D eigenvalue weighted by atomic mass is 10.0. The number of hydrogen-bond donors (Lipinski definition) is 3. The number of alkyl halides is 6. The van der Waals surface area contributed by atoms with Crippen LogP contribution in [0.4, 0.5) is 26.3 Å². The molecule has 5 nitrogen and oxygen atoms in total. The Morgan fingerprint density at radius 1 is 0.969 bits per heavy atom. The zero-order valence-corrected chi connectivity index (χ0v) is 15.9. The van der Waals surface area contributed by atoms with Crippen LogP contribution in [0, 0.1) is 11.3 Å². The van der Waals surface area contributed by atoms with E-state index >= 15 is 0 Å². The molecule has 0 aliphatic carbocycles. The van der Waals surface area contributed by atoms with E-state index in [4.69, 9.17) is 5.26 Å². The first kappa shape index (κ1) is 24.3. The predicted molar refractivity (Wildman–Crippen MR) is 101 cm³/mol. The lowest BCUT2D eigenvalue weighted by molar-refractivity contribution is -0.143. The summed E-state index contributed by atoms with van der Waals surface area (Å²) in [5, 5.41) is 29.8. The summed E-state index contributed by atoms with van der Waals surface area (Å²) in [6, 6.07) is 6.33. The van der Waals surface area contributed by atoms with E-state index in [1.807, 2.05) is 0 Å². The Morgan fingerprint density at radius 2 is 1.56 bits per heavy atom. The molecule has 1 amide bonds. The van der Waals surface area contributed by atoms with Crippen LogP contribution in [0.15, 0.2) is 54.1 Å². The molecule has 168 valence electrons. The Labute approximate surface area is 177 Å². The van der Waals surface area contributed by atoms with E-state index in [2.05, 4.69) is 5.32 Å². The van der Waals surface area contributed by atoms with Crippen molar-refractivity contribution in [1.29, 1.82) is 5.26 Å². The van der Waals surface area contributed by atoms with Gasteiger partial charge in [0.05, 0.1) is 11.1 Å². The van der Waals surface area contributed by atoms with Crippen LogP contribution >= 0.6 is 0 Å². The van der Waals surface area contributed by atoms with Crippen LogP contribution in [0.5, 0.6) is 11.5 Å². The number of nitriles is 1. The van der Waals surface area contributed by atoms with E-state index in [1.165, 1.54) is 30.4 Å². The Bertz CT molecular complexity index is 1080. The summed E-state index contributed by atoms with van der Waals surface area (Å²) < 4.78 is 77.4. The second-order valence-corrected chi connectivity index (χ2v) is 6.40. The van der Waals surface area contributed by atoms with Crippen molar-refractivity contribution in [1.82, 2.24) is 5.32 Å². The largest absolute Gasteiger partial charge is 0.504 e. The minimum absolute atomic E-state index is 0.0299. The van der Waals surface area contributed by atoms with Gasteiger partial charge in [-0.1, -0.05) is 18.2 Å². The van der Waals surface area contributed by atoms with Gasteiger partial charge < -0.3 is 15.5 Å². The van der Waals surface area contributed by atoms with Crippen LogP contribution < -0.4 is 5.32 Å². The van der Waals surface area contributed by atoms with Crippen LogP contribution in [-0.4, -0.2) is 16.1 Å². The maximum absolute atomic E-state index is 12.9. The van der Waals surface area contributed by atoms with Gasteiger partial charge in [-0.05, 0) is 47.5 Å². The number of phenols is 2. The highest BCUT2D eigenvalue weighted by Crippen LogP contribution is 2.36. The van der Waals surface area contributed by atoms with E-state index in [-0.39, 0.29) is 11.8 Å². The molecular formula is C21H14F6N2O3. The molecule has 0 spiro atoms. The fraction of sp³-hybridized carbons (Fsp3) is 0.143. The van der Waals surface area contributed by atoms with Gasteiger partial charge >= 0.3 is 12.4 Å². The fourth-order valence-electron chi connectivity index (χ4n) is 2.46. The molecule has 0 aliphatic heterocycles. The van der Waals surface area contributed by atoms with Gasteiger partial charge in [-0.2, -0.15) is 31.6 Å². The monoisotopic (exact) mass is 456 g/mol. The SMILES string of the molecule is N#C/C(=C\C=C\c1ccc(O)c(O)c1)C(=O)NCc1cc(C(F)(F)F)cc(C(F)(F)F)c1. The van der Waals surface area contributed by atoms with Crippen molar-refractivity contribution in [2.24, 2.45) is 0 Å². The first-order valence-electron chi connectivity index (χ1n) is 8.68. The van der Waals surface area contributed by atoms with Crippen LogP contribution in [0.2, 0.25) is 0 Å². The predicted octanol–water partition coefficient (Wildman–Crippen LogP) is 4.91. The summed E-state index contributed by atoms with van der Waals surface area (Å²) >= 11 is 0. The number of aromatic hydroxyl groups is 2. The van der Waals surface area contributed by atoms with Gasteiger partial charge in [0.15, 0.2) is 11.5 Å². The number of hydrogen-bond acceptors (Lipinski definition) is 4. The van der Waals surface area contributed by atoms with Crippen molar-refractivity contribution in [3.63, 3.8) is 0 Å². The van der Waals surface area contributed by atoms with Crippen LogP contribution in [0.3, 0.4) is 0 Å². The molecule has 0 unspecified atom stereocenters. The quantitative estimate of drug-likeness (QED) is 0.196. The molecule has 0 atom stereocenters. The molecule has 0 aliphatic rings. The molecule has 0 saturated carbocycles. The highest BCUT2D eigenvalue weighted by atomic mass is 19.4. The molecule has 3 N–H and O–H groups in total. The van der Waals surface area contributed by atoms with Crippen molar-refractivity contribution in [3.05, 3.63) is 76.4 Å². The topological polar surface area (TPSA) is 93.3 Å². The number of nitrogens with one attached hydrogen (secondary N) is 1. The molecule has 2 aromatic rings. The second kappa shape index (κ2) is 9.47. The number of allylic oxidation sites excluding steroid dienone is 2. The first-order valence-corrected chi connectivity index (χ1v) is 8.68. The number of carbonyl (C=O) groups excluding carboxylic acids is 1. The van der Waals surface area contributed by atoms with Gasteiger partial charge in [-0.15, -0.1) is 0 Å². The standard InChI is InChI=1S/C21H14F6N2O3/c22-20(23,24)15-6-13(7-16(9-15)21(25,26)27)11-29-19(32)14(10-28)3-1-2-12-4-5-17(30)18(31)8-12/h1-9,30-31H,11H2,(H,29,32)/b2-1+,14-3+. The maximum atomic E-state index is 12.9. The zero-order valence-electron chi connectivity index (χ0n) is 15.9. The number of rotatable bonds is 5. The van der Waals surface area contributed by atoms with E-state index in [1.54, 1.807) is 6.07 Å². The Balaban J connectivity index is 2.17. The van der Waals surface area contributed by atoms with Gasteiger partial charge in [0.2, 0.25) is 0 Å². The molecule has 0 fully saturated rings. The third kappa shape index (κ3) is 6.53. The average molecular weight is 456 g/mol. The Hall–Kier alpha value is -3.94. The Kier molecular flexibility index (Phi) is 7.20. The van der Waals surface area contributed by atoms with Crippen molar-refractivity contribution in [2.45, 2.75) is 18.9 Å². The van der Waals surface area contributed by atoms with E-state index in [0.717, 1.165) is 6.08 Å². The molecule has 0 aromatic heterocycles. The summed E-state index contributed by atoms with van der Waals surface area (Å²) in [6.07, 6.45) is -6.34. The summed E-state index contributed by atoms with van der Waals surface area (Å²) in [6.45, 7) is -0.680.